The molecular weight excluding hydrogens is 376 g/mol. The molecule has 0 aliphatic rings. The molecule has 1 N–H and O–H groups in total. The molecule has 0 saturated heterocycles. The fourth-order valence-electron chi connectivity index (χ4n) is 1.91. The van der Waals surface area contributed by atoms with Gasteiger partial charge in [-0.25, -0.2) is 23.4 Å². The number of nitro groups is 1. The molecule has 0 atom stereocenters. The number of aromatic nitrogens is 1. The number of hydrogen-bond donors (Lipinski definition) is 0. The quantitative estimate of drug-likeness (QED) is 0.360. The van der Waals surface area contributed by atoms with E-state index in [2.05, 4.69) is 4.98 Å². The van der Waals surface area contributed by atoms with Gasteiger partial charge in [0.25, 0.3) is 10.7 Å². The van der Waals surface area contributed by atoms with Crippen LogP contribution in [0.15, 0.2) is 53.3 Å². The Morgan fingerprint density at radius 2 is 1.52 bits per heavy atom. The van der Waals surface area contributed by atoms with Gasteiger partial charge in [0.05, 0.1) is 15.2 Å². The number of nitrogens with zero attached hydrogens (tertiary/aromatic N) is 1. The molecule has 0 unspecified atom stereocenters. The summed E-state index contributed by atoms with van der Waals surface area (Å²) >= 11 is 1.44. The first-order valence-electron chi connectivity index (χ1n) is 6.47. The third-order valence-corrected chi connectivity index (χ3v) is 4.03. The Hall–Kier alpha value is -2.47. The molecule has 0 radical (unpaired) electrons. The van der Waals surface area contributed by atoms with Crippen LogP contribution in [0, 0.1) is 20.4 Å². The lowest BCUT2D eigenvalue weighted by Gasteiger charge is -2.17. The van der Waals surface area contributed by atoms with Gasteiger partial charge in [-0.2, -0.15) is 4.98 Å². The maximum Gasteiger partial charge on any atom is 0.420 e. The average molecular weight is 385 g/mol. The molecule has 130 valence electrons. The van der Waals surface area contributed by atoms with Crippen LogP contribution in [0.5, 0.6) is 0 Å². The zero-order chi connectivity index (χ0) is 18.6. The van der Waals surface area contributed by atoms with Gasteiger partial charge < -0.3 is 0 Å². The summed E-state index contributed by atoms with van der Waals surface area (Å²) in [5.41, 5.74) is 0.623. The van der Waals surface area contributed by atoms with E-state index in [1.807, 2.05) is 18.2 Å². The van der Waals surface area contributed by atoms with Gasteiger partial charge in [0.1, 0.15) is 5.39 Å². The minimum absolute atomic E-state index is 0.0295. The Morgan fingerprint density at radius 1 is 0.960 bits per heavy atom. The standard InChI is InChI=1S/C14H8N2O3S.ClHO4/c17-13-11-3-1-2-4-12(11)20-14(15-13)9-5-7-10(8-6-9)16(18)19;2-1(3,4)5/h1-8H;(H,2,3,4,5). The largest absolute Gasteiger partial charge is 0.420 e. The molecule has 3 aromatic rings. The summed E-state index contributed by atoms with van der Waals surface area (Å²) in [5, 5.41) is 12.0. The lowest BCUT2D eigenvalue weighted by atomic mass is 10.2. The van der Waals surface area contributed by atoms with E-state index in [1.54, 1.807) is 18.2 Å². The number of H-pyrrole nitrogens is 1. The molecule has 0 bridgehead atoms. The van der Waals surface area contributed by atoms with E-state index in [4.69, 9.17) is 18.6 Å². The molecule has 0 spiro atoms. The summed E-state index contributed by atoms with van der Waals surface area (Å²) in [5.74, 6) is 0. The van der Waals surface area contributed by atoms with E-state index < -0.39 is 15.2 Å². The van der Waals surface area contributed by atoms with Crippen molar-refractivity contribution < 1.29 is 38.8 Å². The van der Waals surface area contributed by atoms with Gasteiger partial charge in [0, 0.05) is 12.1 Å². The van der Waals surface area contributed by atoms with E-state index in [1.165, 1.54) is 23.5 Å². The van der Waals surface area contributed by atoms with Crippen LogP contribution in [0.1, 0.15) is 0 Å². The van der Waals surface area contributed by atoms with Crippen LogP contribution in [-0.2, 0) is 0 Å². The Morgan fingerprint density at radius 3 is 2.08 bits per heavy atom. The van der Waals surface area contributed by atoms with E-state index in [-0.39, 0.29) is 11.2 Å². The van der Waals surface area contributed by atoms with Crippen LogP contribution in [0.25, 0.3) is 20.7 Å². The third kappa shape index (κ3) is 5.53. The summed E-state index contributed by atoms with van der Waals surface area (Å²) in [6.45, 7) is 0. The lowest BCUT2D eigenvalue weighted by molar-refractivity contribution is -2.00. The Balaban J connectivity index is 0.000000399. The molecule has 2 aromatic carbocycles. The van der Waals surface area contributed by atoms with Crippen LogP contribution in [-0.4, -0.2) is 4.92 Å². The van der Waals surface area contributed by atoms with Crippen molar-refractivity contribution in [3.8, 4) is 10.6 Å². The minimum Gasteiger partial charge on any atom is -0.258 e. The fraction of sp³-hybridized carbons (Fsp3) is 0. The SMILES string of the molecule is O=c1[nH+]c(-c2ccc([N+](=O)[O-])cc2)sc2ccccc12.[O-][Cl+3]([O-])([O-])[O-]. The van der Waals surface area contributed by atoms with Crippen LogP contribution in [0.4, 0.5) is 5.69 Å². The summed E-state index contributed by atoms with van der Waals surface area (Å²) < 4.78 is 34.9. The predicted molar refractivity (Wildman–Crippen MR) is 76.7 cm³/mol. The van der Waals surface area contributed by atoms with E-state index in [0.29, 0.717) is 10.4 Å². The van der Waals surface area contributed by atoms with Gasteiger partial charge in [-0.1, -0.05) is 23.5 Å². The lowest BCUT2D eigenvalue weighted by Crippen LogP contribution is -2.68. The highest BCUT2D eigenvalue weighted by atomic mass is 35.7. The zero-order valence-electron chi connectivity index (χ0n) is 12.2. The van der Waals surface area contributed by atoms with Crippen molar-refractivity contribution in [1.82, 2.24) is 0 Å². The number of nitrogens with one attached hydrogen (secondary N) is 1. The van der Waals surface area contributed by atoms with Crippen LogP contribution < -0.4 is 29.2 Å². The van der Waals surface area contributed by atoms with Gasteiger partial charge >= 0.3 is 5.56 Å². The number of hydrogen-bond acceptors (Lipinski definition) is 8. The van der Waals surface area contributed by atoms with Crippen molar-refractivity contribution in [2.45, 2.75) is 0 Å². The molecule has 9 nitrogen and oxygen atoms in total. The van der Waals surface area contributed by atoms with Crippen molar-refractivity contribution in [2.24, 2.45) is 0 Å². The molecule has 0 amide bonds. The molecule has 3 rings (SSSR count). The normalized spacial score (nSPS) is 10.9. The first-order valence-corrected chi connectivity index (χ1v) is 8.52. The highest BCUT2D eigenvalue weighted by Crippen LogP contribution is 2.25. The van der Waals surface area contributed by atoms with Gasteiger partial charge in [-0.3, -0.25) is 10.1 Å². The number of aromatic amines is 1. The number of benzene rings is 2. The number of non-ortho nitro benzene ring substituents is 1. The van der Waals surface area contributed by atoms with Gasteiger partial charge in [0.2, 0.25) is 0 Å². The highest BCUT2D eigenvalue weighted by Gasteiger charge is 2.14. The van der Waals surface area contributed by atoms with Crippen LogP contribution in [0.3, 0.4) is 0 Å². The molecule has 11 heteroatoms. The average Bonchev–Trinajstić information content (AvgIpc) is 2.53. The Bertz CT molecular complexity index is 948. The Kier molecular flexibility index (Phi) is 5.74. The third-order valence-electron chi connectivity index (χ3n) is 2.91. The first-order chi connectivity index (χ1) is 11.6. The maximum absolute atomic E-state index is 12.0. The monoisotopic (exact) mass is 384 g/mol. The molecule has 0 fully saturated rings. The van der Waals surface area contributed by atoms with Gasteiger partial charge in [-0.05, 0) is 24.3 Å². The number of halogens is 1. The molecular formula is C14H9ClN2O7S. The summed E-state index contributed by atoms with van der Waals surface area (Å²) in [7, 11) is -4.94. The second kappa shape index (κ2) is 7.61. The molecule has 1 aromatic heterocycles. The maximum atomic E-state index is 12.0. The summed E-state index contributed by atoms with van der Waals surface area (Å²) in [4.78, 5) is 25.0. The topological polar surface area (TPSA) is 167 Å². The number of rotatable bonds is 2. The van der Waals surface area contributed by atoms with Gasteiger partial charge in [-0.15, -0.1) is 10.2 Å². The zero-order valence-corrected chi connectivity index (χ0v) is 13.8. The molecule has 1 heterocycles. The van der Waals surface area contributed by atoms with E-state index in [0.717, 1.165) is 10.3 Å². The first kappa shape index (κ1) is 18.9. The Labute approximate surface area is 145 Å². The predicted octanol–water partition coefficient (Wildman–Crippen LogP) is -2.11. The molecule has 0 aliphatic carbocycles. The molecule has 0 aliphatic heterocycles. The van der Waals surface area contributed by atoms with Crippen molar-refractivity contribution in [1.29, 1.82) is 0 Å². The summed E-state index contributed by atoms with van der Waals surface area (Å²) in [6, 6.07) is 13.5. The fourth-order valence-corrected chi connectivity index (χ4v) is 2.95. The van der Waals surface area contributed by atoms with Crippen molar-refractivity contribution in [2.75, 3.05) is 0 Å². The van der Waals surface area contributed by atoms with Gasteiger partial charge in [0.15, 0.2) is 0 Å². The van der Waals surface area contributed by atoms with Crippen molar-refractivity contribution in [3.63, 3.8) is 0 Å². The second-order valence-electron chi connectivity index (χ2n) is 4.56. The van der Waals surface area contributed by atoms with Crippen molar-refractivity contribution in [3.05, 3.63) is 69.0 Å². The number of nitro benzene ring substituents is 1. The van der Waals surface area contributed by atoms with E-state index in [9.17, 15) is 14.9 Å². The second-order valence-corrected chi connectivity index (χ2v) is 6.37. The highest BCUT2D eigenvalue weighted by molar-refractivity contribution is 7.20. The molecule has 25 heavy (non-hydrogen) atoms. The molecule has 0 saturated carbocycles. The number of fused-ring (bicyclic) bond motifs is 1. The van der Waals surface area contributed by atoms with Crippen molar-refractivity contribution >= 4 is 27.1 Å². The van der Waals surface area contributed by atoms with Crippen LogP contribution >= 0.6 is 11.3 Å². The van der Waals surface area contributed by atoms with E-state index >= 15 is 0 Å². The summed E-state index contributed by atoms with van der Waals surface area (Å²) in [6.07, 6.45) is 0. The van der Waals surface area contributed by atoms with Crippen LogP contribution in [0.2, 0.25) is 0 Å². The minimum atomic E-state index is -4.94. The smallest absolute Gasteiger partial charge is 0.258 e.